The Morgan fingerprint density at radius 3 is 2.22 bits per heavy atom. The number of hydrogen-bond donors (Lipinski definition) is 1. The molecule has 11 nitrogen and oxygen atoms in total. The summed E-state index contributed by atoms with van der Waals surface area (Å²) < 4.78 is 78.2. The maximum absolute atomic E-state index is 13.2. The number of carbonyl (C=O) groups excluding carboxylic acids is 1. The second-order valence-electron chi connectivity index (χ2n) is 8.82. The highest BCUT2D eigenvalue weighted by molar-refractivity contribution is 7.93. The third-order valence-corrected chi connectivity index (χ3v) is 12.0. The molecule has 0 aliphatic carbocycles. The van der Waals surface area contributed by atoms with E-state index >= 15 is 0 Å². The lowest BCUT2D eigenvalue weighted by Gasteiger charge is -2.30. The molecule has 4 rings (SSSR count). The van der Waals surface area contributed by atoms with Crippen molar-refractivity contribution in [2.24, 2.45) is 5.92 Å². The Morgan fingerprint density at radius 2 is 1.62 bits per heavy atom. The first-order chi connectivity index (χ1) is 17.2. The molecule has 2 heterocycles. The number of sulfone groups is 1. The van der Waals surface area contributed by atoms with Gasteiger partial charge in [0.1, 0.15) is 4.90 Å². The van der Waals surface area contributed by atoms with Gasteiger partial charge in [-0.2, -0.15) is 4.31 Å². The monoisotopic (exact) mass is 586 g/mol. The number of hydrogen-bond acceptors (Lipinski definition) is 9. The van der Waals surface area contributed by atoms with Gasteiger partial charge in [0.15, 0.2) is 15.0 Å². The van der Waals surface area contributed by atoms with Crippen LogP contribution in [0.1, 0.15) is 12.8 Å². The third kappa shape index (κ3) is 5.56. The van der Waals surface area contributed by atoms with E-state index in [4.69, 9.17) is 0 Å². The maximum atomic E-state index is 13.2. The number of aromatic nitrogens is 1. The van der Waals surface area contributed by atoms with Crippen molar-refractivity contribution in [2.45, 2.75) is 27.5 Å². The molecule has 2 aromatic carbocycles. The van der Waals surface area contributed by atoms with Crippen LogP contribution in [0.2, 0.25) is 0 Å². The molecule has 1 N–H and O–H groups in total. The van der Waals surface area contributed by atoms with E-state index in [0.717, 1.165) is 21.9 Å². The van der Waals surface area contributed by atoms with E-state index in [-0.39, 0.29) is 46.5 Å². The van der Waals surface area contributed by atoms with E-state index in [2.05, 4.69) is 10.3 Å². The fourth-order valence-corrected chi connectivity index (χ4v) is 8.99. The van der Waals surface area contributed by atoms with E-state index in [1.807, 2.05) is 0 Å². The molecule has 0 saturated carbocycles. The molecular weight excluding hydrogens is 561 g/mol. The smallest absolute Gasteiger partial charge is 0.244 e. The summed E-state index contributed by atoms with van der Waals surface area (Å²) in [7, 11) is -8.54. The maximum Gasteiger partial charge on any atom is 0.244 e. The molecule has 15 heteroatoms. The number of amides is 1. The fraction of sp³-hybridized carbons (Fsp3) is 0.364. The highest BCUT2D eigenvalue weighted by Gasteiger charge is 2.34. The van der Waals surface area contributed by atoms with Gasteiger partial charge in [-0.15, -0.1) is 0 Å². The lowest BCUT2D eigenvalue weighted by atomic mass is 9.97. The van der Waals surface area contributed by atoms with Gasteiger partial charge < -0.3 is 5.32 Å². The van der Waals surface area contributed by atoms with Crippen molar-refractivity contribution in [2.75, 3.05) is 38.8 Å². The van der Waals surface area contributed by atoms with E-state index in [1.165, 1.54) is 54.8 Å². The molecule has 37 heavy (non-hydrogen) atoms. The lowest BCUT2D eigenvalue weighted by molar-refractivity contribution is -0.120. The van der Waals surface area contributed by atoms with Crippen LogP contribution in [-0.4, -0.2) is 78.2 Å². The normalized spacial score (nSPS) is 16.3. The summed E-state index contributed by atoms with van der Waals surface area (Å²) in [6, 6.07) is 10.0. The zero-order valence-electron chi connectivity index (χ0n) is 20.3. The largest absolute Gasteiger partial charge is 0.302 e. The topological polar surface area (TPSA) is 151 Å². The number of benzene rings is 2. The summed E-state index contributed by atoms with van der Waals surface area (Å²) >= 11 is 1.15. The lowest BCUT2D eigenvalue weighted by Crippen LogP contribution is -2.41. The molecule has 1 fully saturated rings. The van der Waals surface area contributed by atoms with Gasteiger partial charge in [0.25, 0.3) is 0 Å². The van der Waals surface area contributed by atoms with Gasteiger partial charge in [0, 0.05) is 39.4 Å². The molecule has 1 aliphatic rings. The number of nitrogens with zero attached hydrogens (tertiary/aromatic N) is 3. The molecule has 200 valence electrons. The van der Waals surface area contributed by atoms with Crippen molar-refractivity contribution in [1.82, 2.24) is 13.6 Å². The number of sulfonamides is 2. The van der Waals surface area contributed by atoms with Gasteiger partial charge >= 0.3 is 0 Å². The minimum atomic E-state index is -4.06. The van der Waals surface area contributed by atoms with Crippen molar-refractivity contribution in [1.29, 1.82) is 0 Å². The van der Waals surface area contributed by atoms with Crippen molar-refractivity contribution in [3.63, 3.8) is 0 Å². The van der Waals surface area contributed by atoms with Crippen molar-refractivity contribution in [3.05, 3.63) is 42.5 Å². The average molecular weight is 587 g/mol. The first kappa shape index (κ1) is 27.6. The standard InChI is InChI=1S/C22H26N4O7S4/c1-25(2)36(30,31)16-8-9-17-18(14-16)34-22(23-17)24-21(27)15-10-12-26(13-11-15)37(32,33)20-7-5-4-6-19(20)35(3,28)29/h4-9,14-15H,10-13H2,1-3H3,(H,23,24,27). The van der Waals surface area contributed by atoms with Crippen molar-refractivity contribution >= 4 is 62.5 Å². The van der Waals surface area contributed by atoms with E-state index < -0.39 is 35.8 Å². The van der Waals surface area contributed by atoms with Crippen molar-refractivity contribution < 1.29 is 30.0 Å². The van der Waals surface area contributed by atoms with Gasteiger partial charge in [-0.05, 0) is 43.2 Å². The minimum Gasteiger partial charge on any atom is -0.302 e. The second-order valence-corrected chi connectivity index (χ2v) is 15.9. The van der Waals surface area contributed by atoms with Crippen LogP contribution in [0, 0.1) is 5.92 Å². The highest BCUT2D eigenvalue weighted by Crippen LogP contribution is 2.31. The molecule has 0 atom stereocenters. The number of thiazole rings is 1. The SMILES string of the molecule is CN(C)S(=O)(=O)c1ccc2nc(NC(=O)C3CCN(S(=O)(=O)c4ccccc4S(C)(=O)=O)CC3)sc2c1. The molecule has 0 unspecified atom stereocenters. The molecule has 1 aromatic heterocycles. The van der Waals surface area contributed by atoms with Gasteiger partial charge in [-0.3, -0.25) is 4.79 Å². The van der Waals surface area contributed by atoms with Crippen LogP contribution in [0.4, 0.5) is 5.13 Å². The van der Waals surface area contributed by atoms with Crippen molar-refractivity contribution in [3.8, 4) is 0 Å². The Balaban J connectivity index is 1.45. The summed E-state index contributed by atoms with van der Waals surface area (Å²) in [6.45, 7) is 0.119. The van der Waals surface area contributed by atoms with Crippen LogP contribution in [0.3, 0.4) is 0 Å². The fourth-order valence-electron chi connectivity index (χ4n) is 4.00. The number of rotatable bonds is 7. The molecule has 1 saturated heterocycles. The molecule has 0 spiro atoms. The quantitative estimate of drug-likeness (QED) is 0.442. The third-order valence-electron chi connectivity index (χ3n) is 6.06. The highest BCUT2D eigenvalue weighted by atomic mass is 32.2. The molecule has 1 amide bonds. The van der Waals surface area contributed by atoms with Crippen LogP contribution >= 0.6 is 11.3 Å². The number of fused-ring (bicyclic) bond motifs is 1. The average Bonchev–Trinajstić information content (AvgIpc) is 3.25. The Labute approximate surface area is 220 Å². The Hall–Kier alpha value is -2.43. The van der Waals surface area contributed by atoms with E-state index in [0.29, 0.717) is 15.3 Å². The molecule has 0 radical (unpaired) electrons. The molecule has 3 aromatic rings. The van der Waals surface area contributed by atoms with Crippen LogP contribution < -0.4 is 5.32 Å². The Bertz CT molecular complexity index is 1670. The predicted molar refractivity (Wildman–Crippen MR) is 140 cm³/mol. The number of nitrogens with one attached hydrogen (secondary N) is 1. The minimum absolute atomic E-state index is 0.0596. The van der Waals surface area contributed by atoms with Gasteiger partial charge in [-0.25, -0.2) is 34.5 Å². The summed E-state index contributed by atoms with van der Waals surface area (Å²) in [6.07, 6.45) is 1.46. The molecular formula is C22H26N4O7S4. The van der Waals surface area contributed by atoms with Gasteiger partial charge in [0.05, 0.1) is 20.0 Å². The van der Waals surface area contributed by atoms with Crippen LogP contribution in [0.5, 0.6) is 0 Å². The Kier molecular flexibility index (Phi) is 7.49. The van der Waals surface area contributed by atoms with Crippen LogP contribution in [0.15, 0.2) is 57.2 Å². The number of anilines is 1. The number of piperidine rings is 1. The second kappa shape index (κ2) is 10.0. The first-order valence-corrected chi connectivity index (χ1v) is 16.7. The Morgan fingerprint density at radius 1 is 1.00 bits per heavy atom. The predicted octanol–water partition coefficient (Wildman–Crippen LogP) is 1.99. The van der Waals surface area contributed by atoms with Gasteiger partial charge in [0.2, 0.25) is 26.0 Å². The van der Waals surface area contributed by atoms with E-state index in [9.17, 15) is 30.0 Å². The summed E-state index contributed by atoms with van der Waals surface area (Å²) in [4.78, 5) is 16.8. The number of carbonyl (C=O) groups is 1. The van der Waals surface area contributed by atoms with E-state index in [1.54, 1.807) is 6.07 Å². The molecule has 1 aliphatic heterocycles. The zero-order valence-corrected chi connectivity index (χ0v) is 23.5. The molecule has 0 bridgehead atoms. The van der Waals surface area contributed by atoms with Crippen LogP contribution in [0.25, 0.3) is 10.2 Å². The summed E-state index contributed by atoms with van der Waals surface area (Å²) in [5.74, 6) is -0.776. The van der Waals surface area contributed by atoms with Crippen LogP contribution in [-0.2, 0) is 34.7 Å². The summed E-state index contributed by atoms with van der Waals surface area (Å²) in [5, 5.41) is 3.07. The first-order valence-electron chi connectivity index (χ1n) is 11.1. The zero-order chi connectivity index (χ0) is 27.2. The van der Waals surface area contributed by atoms with Gasteiger partial charge in [-0.1, -0.05) is 23.5 Å². The summed E-state index contributed by atoms with van der Waals surface area (Å²) in [5.41, 5.74) is 0.545.